The highest BCUT2D eigenvalue weighted by Gasteiger charge is 2.56. The number of unbranched alkanes of at least 4 members (excludes halogenated alkanes) is 18. The van der Waals surface area contributed by atoms with Gasteiger partial charge in [-0.1, -0.05) is 159 Å². The topological polar surface area (TPSA) is 18.5 Å². The Morgan fingerprint density at radius 2 is 0.920 bits per heavy atom. The number of fused-ring (bicyclic) bond motifs is 1. The van der Waals surface area contributed by atoms with Gasteiger partial charge in [-0.3, -0.25) is 0 Å². The van der Waals surface area contributed by atoms with E-state index in [-0.39, 0.29) is 5.79 Å². The fourth-order valence-electron chi connectivity index (χ4n) is 9.07. The summed E-state index contributed by atoms with van der Waals surface area (Å²) in [7, 11) is 0. The van der Waals surface area contributed by atoms with Gasteiger partial charge in [-0.2, -0.15) is 0 Å². The SMILES string of the molecule is CCCCC/C=C\C/C=C\CCCCCCCCC1(CCCCCCCC/C=C\C/C=C\CCCCC)CCC2(C1)O[C@@H]1CCC(C)C[C@H]1O2. The van der Waals surface area contributed by atoms with Gasteiger partial charge in [-0.25, -0.2) is 0 Å². The lowest BCUT2D eigenvalue weighted by Gasteiger charge is -2.32. The molecule has 3 fully saturated rings. The number of allylic oxidation sites excluding steroid dienone is 8. The lowest BCUT2D eigenvalue weighted by molar-refractivity contribution is -0.175. The molecule has 0 aromatic rings. The number of rotatable bonds is 30. The molecule has 2 heteroatoms. The van der Waals surface area contributed by atoms with Crippen LogP contribution in [0.2, 0.25) is 0 Å². The average molecular weight is 693 g/mol. The third-order valence-corrected chi connectivity index (χ3v) is 12.2. The van der Waals surface area contributed by atoms with E-state index in [2.05, 4.69) is 69.4 Å². The van der Waals surface area contributed by atoms with Gasteiger partial charge in [0.05, 0.1) is 12.2 Å². The zero-order valence-electron chi connectivity index (χ0n) is 33.8. The van der Waals surface area contributed by atoms with E-state index in [4.69, 9.17) is 9.47 Å². The molecule has 2 nitrogen and oxygen atoms in total. The summed E-state index contributed by atoms with van der Waals surface area (Å²) in [6.45, 7) is 6.96. The minimum atomic E-state index is -0.254. The minimum Gasteiger partial charge on any atom is -0.344 e. The van der Waals surface area contributed by atoms with E-state index in [0.717, 1.165) is 25.2 Å². The first kappa shape index (κ1) is 43.3. The Balaban J connectivity index is 1.28. The van der Waals surface area contributed by atoms with Crippen molar-refractivity contribution in [2.24, 2.45) is 11.3 Å². The molecular weight excluding hydrogens is 609 g/mol. The summed E-state index contributed by atoms with van der Waals surface area (Å²) in [5, 5.41) is 0. The van der Waals surface area contributed by atoms with Gasteiger partial charge >= 0.3 is 0 Å². The number of ether oxygens (including phenoxy) is 2. The molecule has 0 radical (unpaired) electrons. The zero-order valence-corrected chi connectivity index (χ0v) is 33.8. The first-order chi connectivity index (χ1) is 24.6. The molecular formula is C48H84O2. The van der Waals surface area contributed by atoms with E-state index in [0.29, 0.717) is 17.6 Å². The van der Waals surface area contributed by atoms with Gasteiger partial charge in [-0.05, 0) is 114 Å². The maximum atomic E-state index is 6.86. The normalized spacial score (nSPS) is 25.1. The van der Waals surface area contributed by atoms with Gasteiger partial charge in [0, 0.05) is 12.8 Å². The van der Waals surface area contributed by atoms with Crippen LogP contribution in [-0.4, -0.2) is 18.0 Å². The van der Waals surface area contributed by atoms with E-state index in [9.17, 15) is 0 Å². The highest BCUT2D eigenvalue weighted by Crippen LogP contribution is 2.56. The molecule has 0 aromatic heterocycles. The fourth-order valence-corrected chi connectivity index (χ4v) is 9.07. The zero-order chi connectivity index (χ0) is 35.4. The molecule has 0 amide bonds. The molecule has 0 N–H and O–H groups in total. The van der Waals surface area contributed by atoms with Crippen LogP contribution in [0.15, 0.2) is 48.6 Å². The summed E-state index contributed by atoms with van der Waals surface area (Å²) >= 11 is 0. The van der Waals surface area contributed by atoms with Crippen molar-refractivity contribution in [1.82, 2.24) is 0 Å². The van der Waals surface area contributed by atoms with Gasteiger partial charge in [0.1, 0.15) is 0 Å². The highest BCUT2D eigenvalue weighted by molar-refractivity contribution is 5.00. The molecule has 0 bridgehead atoms. The summed E-state index contributed by atoms with van der Waals surface area (Å²) in [4.78, 5) is 0. The summed E-state index contributed by atoms with van der Waals surface area (Å²) in [6.07, 6.45) is 61.9. The monoisotopic (exact) mass is 693 g/mol. The smallest absolute Gasteiger partial charge is 0.169 e. The Morgan fingerprint density at radius 1 is 0.480 bits per heavy atom. The van der Waals surface area contributed by atoms with E-state index < -0.39 is 0 Å². The second-order valence-electron chi connectivity index (χ2n) is 17.0. The van der Waals surface area contributed by atoms with Gasteiger partial charge in [0.15, 0.2) is 5.79 Å². The maximum Gasteiger partial charge on any atom is 0.169 e. The first-order valence-corrected chi connectivity index (χ1v) is 22.6. The molecule has 2 aliphatic carbocycles. The Morgan fingerprint density at radius 3 is 1.42 bits per heavy atom. The van der Waals surface area contributed by atoms with Crippen molar-refractivity contribution in [3.63, 3.8) is 0 Å². The van der Waals surface area contributed by atoms with E-state index in [1.54, 1.807) is 0 Å². The standard InChI is InChI=1S/C48H84O2/c1-4-6-8-10-12-14-16-18-20-22-24-26-28-30-32-34-38-47(40-41-48(43-47)49-45-37-36-44(3)42-46(45)50-48)39-35-33-31-29-27-25-23-21-19-17-15-13-11-9-7-5-2/h12-15,18-21,44-46H,4-11,16-17,22-43H2,1-3H3/b14-12-,15-13-,20-18-,21-19-/t44?,45-,46-,48?/m1/s1. The largest absolute Gasteiger partial charge is 0.344 e. The first-order valence-electron chi connectivity index (χ1n) is 22.6. The van der Waals surface area contributed by atoms with Crippen molar-refractivity contribution in [2.45, 2.75) is 244 Å². The number of hydrogen-bond donors (Lipinski definition) is 0. The predicted molar refractivity (Wildman–Crippen MR) is 220 cm³/mol. The second kappa shape index (κ2) is 27.5. The van der Waals surface area contributed by atoms with Crippen LogP contribution >= 0.6 is 0 Å². The Kier molecular flexibility index (Phi) is 23.8. The lowest BCUT2D eigenvalue weighted by Crippen LogP contribution is -2.30. The molecule has 2 saturated carbocycles. The van der Waals surface area contributed by atoms with Crippen molar-refractivity contribution >= 4 is 0 Å². The van der Waals surface area contributed by atoms with Gasteiger partial charge < -0.3 is 9.47 Å². The van der Waals surface area contributed by atoms with Crippen molar-refractivity contribution in [1.29, 1.82) is 0 Å². The predicted octanol–water partition coefficient (Wildman–Crippen LogP) is 15.9. The number of hydrogen-bond acceptors (Lipinski definition) is 2. The molecule has 3 rings (SSSR count). The van der Waals surface area contributed by atoms with E-state index >= 15 is 0 Å². The third kappa shape index (κ3) is 18.6. The van der Waals surface area contributed by atoms with Crippen molar-refractivity contribution in [3.8, 4) is 0 Å². The maximum absolute atomic E-state index is 6.86. The summed E-state index contributed by atoms with van der Waals surface area (Å²) in [5.74, 6) is 0.536. The molecule has 3 aliphatic rings. The van der Waals surface area contributed by atoms with Gasteiger partial charge in [-0.15, -0.1) is 0 Å². The van der Waals surface area contributed by atoms with E-state index in [1.165, 1.54) is 186 Å². The molecule has 1 aliphatic heterocycles. The lowest BCUT2D eigenvalue weighted by atomic mass is 9.76. The summed E-state index contributed by atoms with van der Waals surface area (Å²) in [5.41, 5.74) is 0.448. The van der Waals surface area contributed by atoms with Crippen LogP contribution < -0.4 is 0 Å². The van der Waals surface area contributed by atoms with Gasteiger partial charge in [0.2, 0.25) is 0 Å². The molecule has 4 atom stereocenters. The van der Waals surface area contributed by atoms with Crippen LogP contribution in [-0.2, 0) is 9.47 Å². The van der Waals surface area contributed by atoms with Crippen molar-refractivity contribution in [3.05, 3.63) is 48.6 Å². The average Bonchev–Trinajstić information content (AvgIpc) is 3.65. The molecule has 1 saturated heterocycles. The van der Waals surface area contributed by atoms with Gasteiger partial charge in [0.25, 0.3) is 0 Å². The quantitative estimate of drug-likeness (QED) is 0.0551. The molecule has 50 heavy (non-hydrogen) atoms. The summed E-state index contributed by atoms with van der Waals surface area (Å²) < 4.78 is 13.7. The van der Waals surface area contributed by atoms with Crippen LogP contribution in [0.25, 0.3) is 0 Å². The summed E-state index contributed by atoms with van der Waals surface area (Å²) in [6, 6.07) is 0. The molecule has 1 heterocycles. The molecule has 288 valence electrons. The molecule has 1 spiro atoms. The highest BCUT2D eigenvalue weighted by atomic mass is 16.8. The van der Waals surface area contributed by atoms with Crippen LogP contribution in [0.1, 0.15) is 226 Å². The van der Waals surface area contributed by atoms with Crippen molar-refractivity contribution in [2.75, 3.05) is 0 Å². The van der Waals surface area contributed by atoms with Crippen molar-refractivity contribution < 1.29 is 9.47 Å². The Labute approximate surface area is 312 Å². The Hall–Kier alpha value is -1.12. The Bertz CT molecular complexity index is 880. The van der Waals surface area contributed by atoms with Crippen LogP contribution in [0.5, 0.6) is 0 Å². The molecule has 0 aromatic carbocycles. The minimum absolute atomic E-state index is 0.254. The fraction of sp³-hybridized carbons (Fsp3) is 0.833. The molecule has 2 unspecified atom stereocenters. The van der Waals surface area contributed by atoms with E-state index in [1.807, 2.05) is 0 Å². The van der Waals surface area contributed by atoms with Crippen LogP contribution in [0, 0.1) is 11.3 Å². The van der Waals surface area contributed by atoms with Crippen LogP contribution in [0.3, 0.4) is 0 Å². The van der Waals surface area contributed by atoms with Crippen LogP contribution in [0.4, 0.5) is 0 Å². The second-order valence-corrected chi connectivity index (χ2v) is 17.0. The third-order valence-electron chi connectivity index (χ3n) is 12.2.